The summed E-state index contributed by atoms with van der Waals surface area (Å²) in [4.78, 5) is 12.2. The Morgan fingerprint density at radius 1 is 1.27 bits per heavy atom. The van der Waals surface area contributed by atoms with Gasteiger partial charge in [-0.3, -0.25) is 9.89 Å². The third kappa shape index (κ3) is 2.98. The maximum Gasteiger partial charge on any atom is 0.272 e. The van der Waals surface area contributed by atoms with Crippen molar-refractivity contribution in [2.45, 2.75) is 13.3 Å². The van der Waals surface area contributed by atoms with E-state index >= 15 is 0 Å². The van der Waals surface area contributed by atoms with E-state index in [0.717, 1.165) is 22.0 Å². The molecule has 3 rings (SSSR count). The first-order chi connectivity index (χ1) is 10.6. The van der Waals surface area contributed by atoms with E-state index in [-0.39, 0.29) is 11.7 Å². The van der Waals surface area contributed by atoms with Crippen molar-refractivity contribution in [3.05, 3.63) is 65.1 Å². The van der Waals surface area contributed by atoms with Crippen LogP contribution in [0.5, 0.6) is 0 Å². The molecule has 0 aliphatic carbocycles. The largest absolute Gasteiger partial charge is 0.350 e. The fraction of sp³-hybridized carbons (Fsp3) is 0.176. The molecule has 1 heterocycles. The molecule has 0 saturated heterocycles. The standard InChI is InChI=1S/C17H16FN3O/c1-11-5-6-15-14(9-11)16(21-20-15)17(22)19-8-7-12-3-2-4-13(18)10-12/h2-6,9-10H,7-8H2,1H3,(H,19,22)(H,20,21). The van der Waals surface area contributed by atoms with E-state index in [9.17, 15) is 9.18 Å². The summed E-state index contributed by atoms with van der Waals surface area (Å²) in [5.41, 5.74) is 3.14. The molecule has 0 aliphatic rings. The zero-order valence-electron chi connectivity index (χ0n) is 12.2. The van der Waals surface area contributed by atoms with E-state index in [4.69, 9.17) is 0 Å². The molecule has 112 valence electrons. The third-order valence-corrected chi connectivity index (χ3v) is 3.52. The summed E-state index contributed by atoms with van der Waals surface area (Å²) < 4.78 is 13.1. The Kier molecular flexibility index (Phi) is 3.87. The number of fused-ring (bicyclic) bond motifs is 1. The molecule has 0 spiro atoms. The Hall–Kier alpha value is -2.69. The van der Waals surface area contributed by atoms with Crippen molar-refractivity contribution in [1.82, 2.24) is 15.5 Å². The van der Waals surface area contributed by atoms with Crippen LogP contribution in [0.15, 0.2) is 42.5 Å². The first-order valence-corrected chi connectivity index (χ1v) is 7.11. The lowest BCUT2D eigenvalue weighted by molar-refractivity contribution is 0.0950. The molecule has 4 nitrogen and oxygen atoms in total. The van der Waals surface area contributed by atoms with Crippen molar-refractivity contribution in [2.24, 2.45) is 0 Å². The number of rotatable bonds is 4. The molecule has 0 unspecified atom stereocenters. The molecular weight excluding hydrogens is 281 g/mol. The first kappa shape index (κ1) is 14.3. The van der Waals surface area contributed by atoms with Crippen LogP contribution in [0.1, 0.15) is 21.6 Å². The Morgan fingerprint density at radius 3 is 2.95 bits per heavy atom. The lowest BCUT2D eigenvalue weighted by atomic mass is 10.1. The number of benzene rings is 2. The van der Waals surface area contributed by atoms with Crippen LogP contribution in [-0.2, 0) is 6.42 Å². The Balaban J connectivity index is 1.67. The number of nitrogens with one attached hydrogen (secondary N) is 2. The summed E-state index contributed by atoms with van der Waals surface area (Å²) >= 11 is 0. The number of H-pyrrole nitrogens is 1. The zero-order chi connectivity index (χ0) is 15.5. The number of aromatic nitrogens is 2. The monoisotopic (exact) mass is 297 g/mol. The molecule has 0 aliphatic heterocycles. The van der Waals surface area contributed by atoms with E-state index in [1.54, 1.807) is 6.07 Å². The fourth-order valence-electron chi connectivity index (χ4n) is 2.40. The maximum absolute atomic E-state index is 13.1. The van der Waals surface area contributed by atoms with E-state index in [2.05, 4.69) is 15.5 Å². The highest BCUT2D eigenvalue weighted by atomic mass is 19.1. The molecule has 1 aromatic heterocycles. The van der Waals surface area contributed by atoms with Crippen LogP contribution >= 0.6 is 0 Å². The highest BCUT2D eigenvalue weighted by molar-refractivity contribution is 6.04. The molecule has 2 aromatic carbocycles. The van der Waals surface area contributed by atoms with Gasteiger partial charge in [-0.05, 0) is 43.2 Å². The molecular formula is C17H16FN3O. The Labute approximate surface area is 127 Å². The minimum atomic E-state index is -0.266. The molecule has 0 saturated carbocycles. The van der Waals surface area contributed by atoms with Gasteiger partial charge in [-0.25, -0.2) is 4.39 Å². The smallest absolute Gasteiger partial charge is 0.272 e. The highest BCUT2D eigenvalue weighted by Gasteiger charge is 2.13. The van der Waals surface area contributed by atoms with Gasteiger partial charge in [0.2, 0.25) is 0 Å². The van der Waals surface area contributed by atoms with Crippen molar-refractivity contribution < 1.29 is 9.18 Å². The number of carbonyl (C=O) groups is 1. The van der Waals surface area contributed by atoms with Crippen molar-refractivity contribution in [1.29, 1.82) is 0 Å². The molecule has 2 N–H and O–H groups in total. The first-order valence-electron chi connectivity index (χ1n) is 7.11. The molecule has 5 heteroatoms. The maximum atomic E-state index is 13.1. The summed E-state index contributed by atoms with van der Waals surface area (Å²) in [5.74, 6) is -0.495. The second kappa shape index (κ2) is 5.97. The van der Waals surface area contributed by atoms with Crippen LogP contribution in [0.25, 0.3) is 10.9 Å². The molecule has 0 fully saturated rings. The summed E-state index contributed by atoms with van der Waals surface area (Å²) in [5, 5.41) is 10.6. The fourth-order valence-corrected chi connectivity index (χ4v) is 2.40. The summed E-state index contributed by atoms with van der Waals surface area (Å²) in [7, 11) is 0. The predicted octanol–water partition coefficient (Wildman–Crippen LogP) is 2.98. The van der Waals surface area contributed by atoms with E-state index in [1.807, 2.05) is 31.2 Å². The number of hydrogen-bond donors (Lipinski definition) is 2. The Bertz CT molecular complexity index is 826. The van der Waals surface area contributed by atoms with Gasteiger partial charge >= 0.3 is 0 Å². The Morgan fingerprint density at radius 2 is 2.14 bits per heavy atom. The lowest BCUT2D eigenvalue weighted by Gasteiger charge is -2.04. The molecule has 3 aromatic rings. The number of aryl methyl sites for hydroxylation is 1. The number of halogens is 1. The predicted molar refractivity (Wildman–Crippen MR) is 83.3 cm³/mol. The van der Waals surface area contributed by atoms with Gasteiger partial charge in [0.1, 0.15) is 5.82 Å². The molecule has 0 radical (unpaired) electrons. The van der Waals surface area contributed by atoms with Crippen LogP contribution in [-0.4, -0.2) is 22.6 Å². The van der Waals surface area contributed by atoms with Crippen LogP contribution in [0.3, 0.4) is 0 Å². The summed E-state index contributed by atoms with van der Waals surface area (Å²) in [6.45, 7) is 2.40. The van der Waals surface area contributed by atoms with Gasteiger partial charge in [0.25, 0.3) is 5.91 Å². The minimum absolute atomic E-state index is 0.228. The van der Waals surface area contributed by atoms with Gasteiger partial charge in [0, 0.05) is 11.9 Å². The number of nitrogens with zero attached hydrogens (tertiary/aromatic N) is 1. The van der Waals surface area contributed by atoms with Crippen LogP contribution in [0.2, 0.25) is 0 Å². The molecule has 1 amide bonds. The number of amides is 1. The quantitative estimate of drug-likeness (QED) is 0.778. The van der Waals surface area contributed by atoms with Gasteiger partial charge in [0.15, 0.2) is 5.69 Å². The number of carbonyl (C=O) groups excluding carboxylic acids is 1. The lowest BCUT2D eigenvalue weighted by Crippen LogP contribution is -2.26. The van der Waals surface area contributed by atoms with Gasteiger partial charge in [-0.15, -0.1) is 0 Å². The molecule has 0 atom stereocenters. The molecule has 0 bridgehead atoms. The number of aromatic amines is 1. The van der Waals surface area contributed by atoms with Gasteiger partial charge < -0.3 is 5.32 Å². The average molecular weight is 297 g/mol. The number of hydrogen-bond acceptors (Lipinski definition) is 2. The summed E-state index contributed by atoms with van der Waals surface area (Å²) in [6.07, 6.45) is 0.574. The van der Waals surface area contributed by atoms with E-state index in [1.165, 1.54) is 12.1 Å². The van der Waals surface area contributed by atoms with Crippen LogP contribution < -0.4 is 5.32 Å². The van der Waals surface area contributed by atoms with Crippen molar-refractivity contribution in [3.63, 3.8) is 0 Å². The summed E-state index contributed by atoms with van der Waals surface area (Å²) in [6, 6.07) is 12.2. The van der Waals surface area contributed by atoms with Crippen LogP contribution in [0.4, 0.5) is 4.39 Å². The normalized spacial score (nSPS) is 10.8. The topological polar surface area (TPSA) is 57.8 Å². The van der Waals surface area contributed by atoms with Gasteiger partial charge in [0.05, 0.1) is 5.52 Å². The third-order valence-electron chi connectivity index (χ3n) is 3.52. The van der Waals surface area contributed by atoms with E-state index in [0.29, 0.717) is 18.7 Å². The SMILES string of the molecule is Cc1ccc2[nH]nc(C(=O)NCCc3cccc(F)c3)c2c1. The molecule has 22 heavy (non-hydrogen) atoms. The second-order valence-corrected chi connectivity index (χ2v) is 5.26. The van der Waals surface area contributed by atoms with Gasteiger partial charge in [-0.2, -0.15) is 5.10 Å². The average Bonchev–Trinajstić information content (AvgIpc) is 2.90. The van der Waals surface area contributed by atoms with Crippen molar-refractivity contribution >= 4 is 16.8 Å². The van der Waals surface area contributed by atoms with Crippen LogP contribution in [0, 0.1) is 12.7 Å². The highest BCUT2D eigenvalue weighted by Crippen LogP contribution is 2.17. The van der Waals surface area contributed by atoms with Crippen molar-refractivity contribution in [2.75, 3.05) is 6.54 Å². The van der Waals surface area contributed by atoms with Crippen molar-refractivity contribution in [3.8, 4) is 0 Å². The second-order valence-electron chi connectivity index (χ2n) is 5.26. The minimum Gasteiger partial charge on any atom is -0.350 e. The van der Waals surface area contributed by atoms with E-state index < -0.39 is 0 Å². The van der Waals surface area contributed by atoms with Gasteiger partial charge in [-0.1, -0.05) is 23.8 Å². The zero-order valence-corrected chi connectivity index (χ0v) is 12.2.